The summed E-state index contributed by atoms with van der Waals surface area (Å²) >= 11 is 1.46. The van der Waals surface area contributed by atoms with Gasteiger partial charge < -0.3 is 5.32 Å². The Balaban J connectivity index is 1.73. The van der Waals surface area contributed by atoms with E-state index in [4.69, 9.17) is 0 Å². The molecule has 5 nitrogen and oxygen atoms in total. The second-order valence-electron chi connectivity index (χ2n) is 5.63. The van der Waals surface area contributed by atoms with Gasteiger partial charge in [-0.05, 0) is 31.5 Å². The Morgan fingerprint density at radius 3 is 2.76 bits per heavy atom. The van der Waals surface area contributed by atoms with Crippen molar-refractivity contribution >= 4 is 33.1 Å². The molecule has 0 spiro atoms. The summed E-state index contributed by atoms with van der Waals surface area (Å²) < 4.78 is 27.4. The van der Waals surface area contributed by atoms with Crippen LogP contribution >= 0.6 is 11.3 Å². The zero-order chi connectivity index (χ0) is 18.1. The number of anilines is 1. The van der Waals surface area contributed by atoms with Crippen molar-refractivity contribution in [3.05, 3.63) is 57.0 Å². The summed E-state index contributed by atoms with van der Waals surface area (Å²) in [5.74, 6) is -2.42. The first-order chi connectivity index (χ1) is 11.9. The number of hydrogen-bond donors (Lipinski definition) is 1. The van der Waals surface area contributed by atoms with Gasteiger partial charge in [0.1, 0.15) is 4.83 Å². The molecule has 1 amide bonds. The van der Waals surface area contributed by atoms with E-state index in [1.165, 1.54) is 28.3 Å². The zero-order valence-electron chi connectivity index (χ0n) is 13.6. The number of rotatable bonds is 4. The third-order valence-electron chi connectivity index (χ3n) is 3.94. The first kappa shape index (κ1) is 17.2. The molecule has 0 saturated heterocycles. The Morgan fingerprint density at radius 2 is 2.04 bits per heavy atom. The monoisotopic (exact) mass is 363 g/mol. The summed E-state index contributed by atoms with van der Waals surface area (Å²) in [4.78, 5) is 30.5. The highest BCUT2D eigenvalue weighted by Gasteiger charge is 2.13. The molecule has 0 unspecified atom stereocenters. The molecular formula is C17H15F2N3O2S. The molecular weight excluding hydrogens is 348 g/mol. The Kier molecular flexibility index (Phi) is 4.63. The standard InChI is InChI=1S/C17H15F2N3O2S/c1-9-10(2)25-16-15(9)17(24)22(8-20-16)6-5-14(23)21-11-3-4-12(18)13(19)7-11/h3-4,7-8H,5-6H2,1-2H3,(H,21,23). The largest absolute Gasteiger partial charge is 0.326 e. The van der Waals surface area contributed by atoms with E-state index in [-0.39, 0.29) is 24.2 Å². The van der Waals surface area contributed by atoms with Gasteiger partial charge in [-0.15, -0.1) is 11.3 Å². The normalized spacial score (nSPS) is 11.0. The second-order valence-corrected chi connectivity index (χ2v) is 6.84. The lowest BCUT2D eigenvalue weighted by Crippen LogP contribution is -2.23. The number of amides is 1. The van der Waals surface area contributed by atoms with E-state index in [9.17, 15) is 18.4 Å². The number of carbonyl (C=O) groups excluding carboxylic acids is 1. The lowest BCUT2D eigenvalue weighted by Gasteiger charge is -2.07. The highest BCUT2D eigenvalue weighted by Crippen LogP contribution is 2.25. The van der Waals surface area contributed by atoms with Crippen LogP contribution in [-0.4, -0.2) is 15.5 Å². The van der Waals surface area contributed by atoms with Crippen LogP contribution in [0.4, 0.5) is 14.5 Å². The molecule has 3 rings (SSSR count). The molecule has 8 heteroatoms. The van der Waals surface area contributed by atoms with Crippen molar-refractivity contribution in [1.29, 1.82) is 0 Å². The fourth-order valence-corrected chi connectivity index (χ4v) is 3.44. The number of halogens is 2. The smallest absolute Gasteiger partial charge is 0.262 e. The van der Waals surface area contributed by atoms with Crippen molar-refractivity contribution in [2.45, 2.75) is 26.8 Å². The minimum atomic E-state index is -1.04. The first-order valence-electron chi connectivity index (χ1n) is 7.57. The zero-order valence-corrected chi connectivity index (χ0v) is 14.4. The Morgan fingerprint density at radius 1 is 1.28 bits per heavy atom. The molecule has 0 fully saturated rings. The van der Waals surface area contributed by atoms with Gasteiger partial charge in [0.05, 0.1) is 11.7 Å². The molecule has 3 aromatic rings. The van der Waals surface area contributed by atoms with Gasteiger partial charge in [0, 0.05) is 29.6 Å². The van der Waals surface area contributed by atoms with E-state index >= 15 is 0 Å². The molecule has 25 heavy (non-hydrogen) atoms. The Bertz CT molecular complexity index is 1030. The van der Waals surface area contributed by atoms with Crippen molar-refractivity contribution < 1.29 is 13.6 Å². The molecule has 130 valence electrons. The lowest BCUT2D eigenvalue weighted by molar-refractivity contribution is -0.116. The van der Waals surface area contributed by atoms with Crippen LogP contribution in [0.5, 0.6) is 0 Å². The number of nitrogens with zero attached hydrogens (tertiary/aromatic N) is 2. The van der Waals surface area contributed by atoms with Gasteiger partial charge in [-0.2, -0.15) is 0 Å². The maximum absolute atomic E-state index is 13.1. The Labute approximate surface area is 145 Å². The van der Waals surface area contributed by atoms with Crippen LogP contribution < -0.4 is 10.9 Å². The summed E-state index contributed by atoms with van der Waals surface area (Å²) in [6.45, 7) is 3.95. The van der Waals surface area contributed by atoms with Gasteiger partial charge >= 0.3 is 0 Å². The highest BCUT2D eigenvalue weighted by atomic mass is 32.1. The second kappa shape index (κ2) is 6.72. The molecule has 2 aromatic heterocycles. The molecule has 0 atom stereocenters. The van der Waals surface area contributed by atoms with Crippen LogP contribution in [0.1, 0.15) is 16.9 Å². The number of thiophene rings is 1. The number of carbonyl (C=O) groups is 1. The third kappa shape index (κ3) is 3.43. The van der Waals surface area contributed by atoms with Crippen LogP contribution in [0, 0.1) is 25.5 Å². The number of hydrogen-bond acceptors (Lipinski definition) is 4. The number of fused-ring (bicyclic) bond motifs is 1. The molecule has 1 N–H and O–H groups in total. The van der Waals surface area contributed by atoms with E-state index in [1.54, 1.807) is 0 Å². The third-order valence-corrected chi connectivity index (χ3v) is 5.05. The van der Waals surface area contributed by atoms with E-state index in [1.807, 2.05) is 13.8 Å². The molecule has 0 saturated carbocycles. The van der Waals surface area contributed by atoms with Gasteiger partial charge in [0.25, 0.3) is 5.56 Å². The molecule has 1 aromatic carbocycles. The number of benzene rings is 1. The summed E-state index contributed by atoms with van der Waals surface area (Å²) in [7, 11) is 0. The maximum Gasteiger partial charge on any atom is 0.262 e. The van der Waals surface area contributed by atoms with E-state index in [0.29, 0.717) is 10.2 Å². The van der Waals surface area contributed by atoms with Gasteiger partial charge in [-0.1, -0.05) is 0 Å². The predicted octanol–water partition coefficient (Wildman–Crippen LogP) is 3.38. The fourth-order valence-electron chi connectivity index (χ4n) is 2.45. The van der Waals surface area contributed by atoms with Crippen LogP contribution in [0.15, 0.2) is 29.3 Å². The van der Waals surface area contributed by atoms with Gasteiger partial charge in [-0.3, -0.25) is 14.2 Å². The maximum atomic E-state index is 13.1. The van der Waals surface area contributed by atoms with Crippen LogP contribution in [0.3, 0.4) is 0 Å². The molecule has 0 aliphatic heterocycles. The Hall–Kier alpha value is -2.61. The van der Waals surface area contributed by atoms with E-state index < -0.39 is 17.5 Å². The summed E-state index contributed by atoms with van der Waals surface area (Å²) in [6, 6.07) is 3.12. The predicted molar refractivity (Wildman–Crippen MR) is 93.0 cm³/mol. The first-order valence-corrected chi connectivity index (χ1v) is 8.38. The van der Waals surface area contributed by atoms with Crippen LogP contribution in [0.2, 0.25) is 0 Å². The summed E-state index contributed by atoms with van der Waals surface area (Å²) in [5, 5.41) is 3.05. The van der Waals surface area contributed by atoms with Crippen molar-refractivity contribution in [1.82, 2.24) is 9.55 Å². The van der Waals surface area contributed by atoms with Crippen molar-refractivity contribution in [3.63, 3.8) is 0 Å². The van der Waals surface area contributed by atoms with Crippen molar-refractivity contribution in [2.24, 2.45) is 0 Å². The fraction of sp³-hybridized carbons (Fsp3) is 0.235. The van der Waals surface area contributed by atoms with Gasteiger partial charge in [0.2, 0.25) is 5.91 Å². The summed E-state index contributed by atoms with van der Waals surface area (Å²) in [6.07, 6.45) is 1.43. The van der Waals surface area contributed by atoms with E-state index in [0.717, 1.165) is 22.6 Å². The highest BCUT2D eigenvalue weighted by molar-refractivity contribution is 7.18. The quantitative estimate of drug-likeness (QED) is 0.773. The SMILES string of the molecule is Cc1sc2ncn(CCC(=O)Nc3ccc(F)c(F)c3)c(=O)c2c1C. The topological polar surface area (TPSA) is 64.0 Å². The number of aryl methyl sites for hydroxylation is 3. The molecule has 0 aliphatic carbocycles. The minimum Gasteiger partial charge on any atom is -0.326 e. The molecule has 2 heterocycles. The van der Waals surface area contributed by atoms with Crippen molar-refractivity contribution in [2.75, 3.05) is 5.32 Å². The summed E-state index contributed by atoms with van der Waals surface area (Å²) in [5.41, 5.74) is 0.875. The van der Waals surface area contributed by atoms with E-state index in [2.05, 4.69) is 10.3 Å². The lowest BCUT2D eigenvalue weighted by atomic mass is 10.2. The minimum absolute atomic E-state index is 0.00819. The van der Waals surface area contributed by atoms with Gasteiger partial charge in [0.15, 0.2) is 11.6 Å². The molecule has 0 radical (unpaired) electrons. The number of aromatic nitrogens is 2. The average Bonchev–Trinajstić information content (AvgIpc) is 2.86. The molecule has 0 aliphatic rings. The number of nitrogens with one attached hydrogen (secondary N) is 1. The van der Waals surface area contributed by atoms with Crippen molar-refractivity contribution in [3.8, 4) is 0 Å². The van der Waals surface area contributed by atoms with Crippen LogP contribution in [-0.2, 0) is 11.3 Å². The van der Waals surface area contributed by atoms with Gasteiger partial charge in [-0.25, -0.2) is 13.8 Å². The van der Waals surface area contributed by atoms with Crippen LogP contribution in [0.25, 0.3) is 10.2 Å². The average molecular weight is 363 g/mol. The molecule has 0 bridgehead atoms.